The Labute approximate surface area is 182 Å². The van der Waals surface area contributed by atoms with Gasteiger partial charge < -0.3 is 14.6 Å². The van der Waals surface area contributed by atoms with Gasteiger partial charge >= 0.3 is 0 Å². The molecule has 0 unspecified atom stereocenters. The second-order valence-electron chi connectivity index (χ2n) is 7.43. The van der Waals surface area contributed by atoms with E-state index in [1.807, 2.05) is 42.5 Å². The number of nitrogens with zero attached hydrogens (tertiary/aromatic N) is 5. The maximum atomic E-state index is 10.0. The van der Waals surface area contributed by atoms with Gasteiger partial charge in [-0.15, -0.1) is 5.10 Å². The molecule has 0 aliphatic carbocycles. The smallest absolute Gasteiger partial charge is 0.228 e. The first-order chi connectivity index (χ1) is 15.7. The molecule has 1 N–H and O–H groups in total. The molecular formula is C24H17N5O3. The molecule has 2 aromatic carbocycles. The standard InChI is InChI=1S/C24H17N5O3/c1-31-17-5-2-14(3-6-17)20-18-7-4-16(30)12-19(18)32-24-21(20)23-27-22(28-29(23)13-26-24)15-8-10-25-11-9-15/h2-13,20,30H,1H3/t20-/m0/s1. The molecule has 1 aliphatic rings. The Balaban J connectivity index is 1.60. The van der Waals surface area contributed by atoms with Crippen molar-refractivity contribution in [2.24, 2.45) is 0 Å². The third-order valence-corrected chi connectivity index (χ3v) is 5.58. The first-order valence-electron chi connectivity index (χ1n) is 10.0. The Hall–Kier alpha value is -4.46. The molecule has 8 heteroatoms. The van der Waals surface area contributed by atoms with Crippen LogP contribution in [0.3, 0.4) is 0 Å². The molecule has 8 nitrogen and oxygen atoms in total. The predicted molar refractivity (Wildman–Crippen MR) is 116 cm³/mol. The monoisotopic (exact) mass is 423 g/mol. The molecule has 0 radical (unpaired) electrons. The maximum Gasteiger partial charge on any atom is 0.228 e. The van der Waals surface area contributed by atoms with Crippen molar-refractivity contribution in [1.82, 2.24) is 24.6 Å². The molecule has 4 heterocycles. The normalized spacial score (nSPS) is 14.5. The van der Waals surface area contributed by atoms with Crippen LogP contribution < -0.4 is 9.47 Å². The number of aromatic hydroxyl groups is 1. The summed E-state index contributed by atoms with van der Waals surface area (Å²) < 4.78 is 13.1. The van der Waals surface area contributed by atoms with Crippen LogP contribution in [0.4, 0.5) is 0 Å². The maximum absolute atomic E-state index is 10.0. The van der Waals surface area contributed by atoms with E-state index in [-0.39, 0.29) is 11.7 Å². The van der Waals surface area contributed by atoms with Crippen LogP contribution in [-0.4, -0.2) is 36.8 Å². The average molecular weight is 423 g/mol. The number of phenolic OH excluding ortho intramolecular Hbond substituents is 1. The Bertz CT molecular complexity index is 1450. The fraction of sp³-hybridized carbons (Fsp3) is 0.0833. The van der Waals surface area contributed by atoms with E-state index < -0.39 is 0 Å². The van der Waals surface area contributed by atoms with Crippen molar-refractivity contribution >= 4 is 5.65 Å². The topological polar surface area (TPSA) is 94.7 Å². The van der Waals surface area contributed by atoms with Gasteiger partial charge in [-0.3, -0.25) is 4.98 Å². The Morgan fingerprint density at radius 2 is 1.84 bits per heavy atom. The number of hydrogen-bond donors (Lipinski definition) is 1. The molecule has 1 aliphatic heterocycles. The molecule has 3 aromatic heterocycles. The summed E-state index contributed by atoms with van der Waals surface area (Å²) >= 11 is 0. The molecular weight excluding hydrogens is 406 g/mol. The van der Waals surface area contributed by atoms with Crippen LogP contribution in [0, 0.1) is 0 Å². The van der Waals surface area contributed by atoms with Gasteiger partial charge in [0.05, 0.1) is 12.7 Å². The van der Waals surface area contributed by atoms with Gasteiger partial charge in [0.25, 0.3) is 0 Å². The number of phenols is 1. The highest BCUT2D eigenvalue weighted by molar-refractivity contribution is 5.68. The van der Waals surface area contributed by atoms with E-state index in [0.29, 0.717) is 23.1 Å². The third kappa shape index (κ3) is 2.84. The van der Waals surface area contributed by atoms with E-state index in [1.165, 1.54) is 0 Å². The van der Waals surface area contributed by atoms with Crippen molar-refractivity contribution in [3.8, 4) is 34.5 Å². The van der Waals surface area contributed by atoms with E-state index in [0.717, 1.165) is 28.0 Å². The van der Waals surface area contributed by atoms with Crippen molar-refractivity contribution in [3.05, 3.63) is 90.0 Å². The van der Waals surface area contributed by atoms with Crippen LogP contribution in [0.25, 0.3) is 17.0 Å². The summed E-state index contributed by atoms with van der Waals surface area (Å²) in [6.07, 6.45) is 5.01. The van der Waals surface area contributed by atoms with E-state index in [4.69, 9.17) is 14.5 Å². The molecule has 5 aromatic rings. The number of fused-ring (bicyclic) bond motifs is 4. The molecule has 0 amide bonds. The van der Waals surface area contributed by atoms with Gasteiger partial charge in [0.2, 0.25) is 5.88 Å². The molecule has 6 rings (SSSR count). The van der Waals surface area contributed by atoms with Gasteiger partial charge in [-0.2, -0.15) is 0 Å². The van der Waals surface area contributed by atoms with Gasteiger partial charge in [-0.05, 0) is 35.9 Å². The van der Waals surface area contributed by atoms with E-state index in [1.54, 1.807) is 42.5 Å². The molecule has 0 saturated heterocycles. The summed E-state index contributed by atoms with van der Waals surface area (Å²) in [6.45, 7) is 0. The highest BCUT2D eigenvalue weighted by Gasteiger charge is 2.33. The summed E-state index contributed by atoms with van der Waals surface area (Å²) in [5.74, 6) is 2.25. The number of benzene rings is 2. The van der Waals surface area contributed by atoms with E-state index in [2.05, 4.69) is 15.1 Å². The fourth-order valence-electron chi connectivity index (χ4n) is 4.07. The van der Waals surface area contributed by atoms with Crippen molar-refractivity contribution in [2.75, 3.05) is 7.11 Å². The molecule has 32 heavy (non-hydrogen) atoms. The highest BCUT2D eigenvalue weighted by atomic mass is 16.5. The third-order valence-electron chi connectivity index (χ3n) is 5.58. The van der Waals surface area contributed by atoms with Crippen molar-refractivity contribution in [2.45, 2.75) is 5.92 Å². The number of methoxy groups -OCH3 is 1. The van der Waals surface area contributed by atoms with E-state index in [9.17, 15) is 5.11 Å². The quantitative estimate of drug-likeness (QED) is 0.456. The zero-order valence-corrected chi connectivity index (χ0v) is 17.0. The van der Waals surface area contributed by atoms with Gasteiger partial charge in [-0.25, -0.2) is 14.5 Å². The zero-order valence-electron chi connectivity index (χ0n) is 17.0. The van der Waals surface area contributed by atoms with Crippen LogP contribution in [0.5, 0.6) is 23.1 Å². The lowest BCUT2D eigenvalue weighted by molar-refractivity contribution is 0.414. The number of aromatic nitrogens is 5. The van der Waals surface area contributed by atoms with Crippen molar-refractivity contribution in [1.29, 1.82) is 0 Å². The lowest BCUT2D eigenvalue weighted by Gasteiger charge is -2.28. The zero-order chi connectivity index (χ0) is 21.7. The number of hydrogen-bond acceptors (Lipinski definition) is 7. The average Bonchev–Trinajstić information content (AvgIpc) is 3.28. The van der Waals surface area contributed by atoms with Gasteiger partial charge in [-0.1, -0.05) is 18.2 Å². The second kappa shape index (κ2) is 7.05. The minimum absolute atomic E-state index is 0.129. The fourth-order valence-corrected chi connectivity index (χ4v) is 4.07. The van der Waals surface area contributed by atoms with E-state index >= 15 is 0 Å². The molecule has 0 spiro atoms. The number of ether oxygens (including phenoxy) is 2. The minimum atomic E-state index is -0.217. The summed E-state index contributed by atoms with van der Waals surface area (Å²) in [5, 5.41) is 14.6. The van der Waals surface area contributed by atoms with Crippen LogP contribution in [0.15, 0.2) is 73.3 Å². The highest BCUT2D eigenvalue weighted by Crippen LogP contribution is 2.48. The van der Waals surface area contributed by atoms with Crippen molar-refractivity contribution in [3.63, 3.8) is 0 Å². The van der Waals surface area contributed by atoms with Gasteiger partial charge in [0.15, 0.2) is 11.5 Å². The number of pyridine rings is 1. The summed E-state index contributed by atoms with van der Waals surface area (Å²) in [4.78, 5) is 13.4. The Morgan fingerprint density at radius 3 is 2.62 bits per heavy atom. The molecule has 0 saturated carbocycles. The van der Waals surface area contributed by atoms with Gasteiger partial charge in [0, 0.05) is 35.5 Å². The minimum Gasteiger partial charge on any atom is -0.508 e. The van der Waals surface area contributed by atoms with Crippen molar-refractivity contribution < 1.29 is 14.6 Å². The summed E-state index contributed by atoms with van der Waals surface area (Å²) in [6, 6.07) is 16.7. The second-order valence-corrected chi connectivity index (χ2v) is 7.43. The lowest BCUT2D eigenvalue weighted by atomic mass is 9.84. The lowest BCUT2D eigenvalue weighted by Crippen LogP contribution is -2.15. The molecule has 0 bridgehead atoms. The Kier molecular flexibility index (Phi) is 4.04. The SMILES string of the molecule is COc1ccc([C@H]2c3ccc(O)cc3Oc3ncn4nc(-c5ccncc5)nc4c32)cc1. The largest absolute Gasteiger partial charge is 0.508 e. The predicted octanol–water partition coefficient (Wildman–Crippen LogP) is 4.19. The van der Waals surface area contributed by atoms with Gasteiger partial charge in [0.1, 0.15) is 23.6 Å². The molecule has 156 valence electrons. The summed E-state index contributed by atoms with van der Waals surface area (Å²) in [5.41, 5.74) is 4.25. The Morgan fingerprint density at radius 1 is 1.03 bits per heavy atom. The van der Waals surface area contributed by atoms with Crippen LogP contribution in [-0.2, 0) is 0 Å². The first kappa shape index (κ1) is 18.3. The number of rotatable bonds is 3. The first-order valence-corrected chi connectivity index (χ1v) is 10.0. The summed E-state index contributed by atoms with van der Waals surface area (Å²) in [7, 11) is 1.64. The molecule has 0 fully saturated rings. The van der Waals surface area contributed by atoms with Crippen LogP contribution in [0.1, 0.15) is 22.6 Å². The molecule has 1 atom stereocenters. The van der Waals surface area contributed by atoms with Crippen LogP contribution >= 0.6 is 0 Å². The van der Waals surface area contributed by atoms with Crippen LogP contribution in [0.2, 0.25) is 0 Å².